The molecule has 1 fully saturated rings. The number of likely N-dealkylation sites (tertiary alicyclic amines) is 1. The van der Waals surface area contributed by atoms with E-state index in [1.165, 1.54) is 0 Å². The fourth-order valence-electron chi connectivity index (χ4n) is 3.27. The molecule has 1 aromatic carbocycles. The van der Waals surface area contributed by atoms with Crippen LogP contribution in [0.1, 0.15) is 17.5 Å². The van der Waals surface area contributed by atoms with Gasteiger partial charge >= 0.3 is 6.18 Å². The Balaban J connectivity index is 1.60. The van der Waals surface area contributed by atoms with E-state index in [1.807, 2.05) is 32.1 Å². The van der Waals surface area contributed by atoms with Crippen molar-refractivity contribution in [2.24, 2.45) is 0 Å². The first kappa shape index (κ1) is 19.4. The zero-order chi connectivity index (χ0) is 19.6. The van der Waals surface area contributed by atoms with Gasteiger partial charge in [0, 0.05) is 53.0 Å². The van der Waals surface area contributed by atoms with E-state index in [-0.39, 0.29) is 0 Å². The third-order valence-corrected chi connectivity index (χ3v) is 4.87. The average Bonchev–Trinajstić information content (AvgIpc) is 3.09. The van der Waals surface area contributed by atoms with E-state index >= 15 is 0 Å². The third-order valence-electron chi connectivity index (χ3n) is 4.87. The molecule has 5 nitrogen and oxygen atoms in total. The van der Waals surface area contributed by atoms with Crippen LogP contribution < -0.4 is 9.80 Å². The maximum Gasteiger partial charge on any atom is 0.416 e. The highest BCUT2D eigenvalue weighted by Gasteiger charge is 2.30. The van der Waals surface area contributed by atoms with Crippen molar-refractivity contribution in [1.82, 2.24) is 14.9 Å². The minimum absolute atomic E-state index is 0.310. The Labute approximate surface area is 157 Å². The van der Waals surface area contributed by atoms with Crippen molar-refractivity contribution in [2.75, 3.05) is 44.0 Å². The van der Waals surface area contributed by atoms with Gasteiger partial charge in [0.15, 0.2) is 0 Å². The van der Waals surface area contributed by atoms with Gasteiger partial charge in [0.05, 0.1) is 5.56 Å². The summed E-state index contributed by atoms with van der Waals surface area (Å²) in [7, 11) is 5.83. The lowest BCUT2D eigenvalue weighted by Gasteiger charge is -2.26. The van der Waals surface area contributed by atoms with E-state index in [1.54, 1.807) is 18.3 Å². The number of nitrogens with zero attached hydrogens (tertiary/aromatic N) is 5. The van der Waals surface area contributed by atoms with E-state index < -0.39 is 11.7 Å². The number of hydrogen-bond acceptors (Lipinski definition) is 5. The van der Waals surface area contributed by atoms with Crippen LogP contribution in [0, 0.1) is 0 Å². The molecule has 0 spiro atoms. The van der Waals surface area contributed by atoms with E-state index in [0.717, 1.165) is 43.0 Å². The van der Waals surface area contributed by atoms with E-state index in [9.17, 15) is 13.2 Å². The van der Waals surface area contributed by atoms with Crippen LogP contribution in [-0.2, 0) is 12.7 Å². The van der Waals surface area contributed by atoms with Crippen molar-refractivity contribution in [1.29, 1.82) is 0 Å². The SMILES string of the molecule is CN(C)c1nccc(N(C)C2CCN(Cc3ccc(C(F)(F)F)cc3)C2)n1. The predicted octanol–water partition coefficient (Wildman–Crippen LogP) is 3.27. The van der Waals surface area contributed by atoms with Crippen LogP contribution in [0.3, 0.4) is 0 Å². The number of likely N-dealkylation sites (N-methyl/N-ethyl adjacent to an activating group) is 1. The molecule has 1 atom stereocenters. The quantitative estimate of drug-likeness (QED) is 0.797. The molecule has 27 heavy (non-hydrogen) atoms. The van der Waals surface area contributed by atoms with Gasteiger partial charge in [-0.15, -0.1) is 0 Å². The summed E-state index contributed by atoms with van der Waals surface area (Å²) >= 11 is 0. The molecule has 1 saturated heterocycles. The number of alkyl halides is 3. The Morgan fingerprint density at radius 2 is 1.81 bits per heavy atom. The highest BCUT2D eigenvalue weighted by atomic mass is 19.4. The minimum Gasteiger partial charge on any atom is -0.355 e. The van der Waals surface area contributed by atoms with Crippen LogP contribution in [0.4, 0.5) is 24.9 Å². The molecule has 0 N–H and O–H groups in total. The molecule has 0 bridgehead atoms. The van der Waals surface area contributed by atoms with Crippen LogP contribution in [0.5, 0.6) is 0 Å². The van der Waals surface area contributed by atoms with Gasteiger partial charge in [0.1, 0.15) is 5.82 Å². The van der Waals surface area contributed by atoms with Crippen LogP contribution in [-0.4, -0.2) is 55.1 Å². The number of benzene rings is 1. The molecular weight excluding hydrogens is 355 g/mol. The van der Waals surface area contributed by atoms with Crippen molar-refractivity contribution in [2.45, 2.75) is 25.2 Å². The van der Waals surface area contributed by atoms with E-state index in [4.69, 9.17) is 0 Å². The zero-order valence-electron chi connectivity index (χ0n) is 15.7. The summed E-state index contributed by atoms with van der Waals surface area (Å²) < 4.78 is 38.0. The first-order chi connectivity index (χ1) is 12.7. The lowest BCUT2D eigenvalue weighted by atomic mass is 10.1. The molecule has 0 radical (unpaired) electrons. The molecule has 2 heterocycles. The number of hydrogen-bond donors (Lipinski definition) is 0. The monoisotopic (exact) mass is 379 g/mol. The van der Waals surface area contributed by atoms with Crippen LogP contribution in [0.25, 0.3) is 0 Å². The van der Waals surface area contributed by atoms with Crippen molar-refractivity contribution in [3.05, 3.63) is 47.7 Å². The zero-order valence-corrected chi connectivity index (χ0v) is 15.7. The van der Waals surface area contributed by atoms with Gasteiger partial charge in [-0.1, -0.05) is 12.1 Å². The van der Waals surface area contributed by atoms with Gasteiger partial charge in [-0.3, -0.25) is 4.90 Å². The Morgan fingerprint density at radius 3 is 2.44 bits per heavy atom. The first-order valence-electron chi connectivity index (χ1n) is 8.86. The number of rotatable bonds is 5. The van der Waals surface area contributed by atoms with Gasteiger partial charge in [-0.05, 0) is 30.2 Å². The molecule has 1 aliphatic rings. The summed E-state index contributed by atoms with van der Waals surface area (Å²) in [4.78, 5) is 15.1. The molecule has 2 aromatic rings. The predicted molar refractivity (Wildman–Crippen MR) is 99.9 cm³/mol. The fourth-order valence-corrected chi connectivity index (χ4v) is 3.27. The van der Waals surface area contributed by atoms with E-state index in [0.29, 0.717) is 18.5 Å². The molecule has 1 aromatic heterocycles. The van der Waals surface area contributed by atoms with Crippen molar-refractivity contribution in [3.63, 3.8) is 0 Å². The number of aromatic nitrogens is 2. The van der Waals surface area contributed by atoms with Gasteiger partial charge < -0.3 is 9.80 Å². The molecule has 3 rings (SSSR count). The summed E-state index contributed by atoms with van der Waals surface area (Å²) in [5.74, 6) is 1.54. The Bertz CT molecular complexity index is 761. The smallest absolute Gasteiger partial charge is 0.355 e. The highest BCUT2D eigenvalue weighted by Crippen LogP contribution is 2.29. The Hall–Kier alpha value is -2.35. The van der Waals surface area contributed by atoms with Gasteiger partial charge in [-0.25, -0.2) is 4.98 Å². The minimum atomic E-state index is -4.29. The molecule has 146 valence electrons. The Morgan fingerprint density at radius 1 is 1.11 bits per heavy atom. The lowest BCUT2D eigenvalue weighted by Crippen LogP contribution is -2.35. The molecule has 8 heteroatoms. The van der Waals surface area contributed by atoms with Crippen LogP contribution in [0.15, 0.2) is 36.5 Å². The lowest BCUT2D eigenvalue weighted by molar-refractivity contribution is -0.137. The standard InChI is InChI=1S/C19H24F3N5/c1-25(2)18-23-10-8-17(24-18)26(3)16-9-11-27(13-16)12-14-4-6-15(7-5-14)19(20,21)22/h4-8,10,16H,9,11-13H2,1-3H3. The maximum absolute atomic E-state index is 12.7. The maximum atomic E-state index is 12.7. The number of halogens is 3. The average molecular weight is 379 g/mol. The van der Waals surface area contributed by atoms with E-state index in [2.05, 4.69) is 19.8 Å². The van der Waals surface area contributed by atoms with Crippen molar-refractivity contribution in [3.8, 4) is 0 Å². The second-order valence-corrected chi connectivity index (χ2v) is 7.09. The second kappa shape index (κ2) is 7.72. The second-order valence-electron chi connectivity index (χ2n) is 7.09. The fraction of sp³-hybridized carbons (Fsp3) is 0.474. The molecule has 1 unspecified atom stereocenters. The van der Waals surface area contributed by atoms with Gasteiger partial charge in [-0.2, -0.15) is 18.2 Å². The largest absolute Gasteiger partial charge is 0.416 e. The molecule has 0 amide bonds. The Kier molecular flexibility index (Phi) is 5.55. The molecule has 0 saturated carbocycles. The first-order valence-corrected chi connectivity index (χ1v) is 8.86. The number of anilines is 2. The summed E-state index contributed by atoms with van der Waals surface area (Å²) in [5.41, 5.74) is 0.286. The van der Waals surface area contributed by atoms with Crippen molar-refractivity contribution >= 4 is 11.8 Å². The molecular formula is C19H24F3N5. The molecule has 1 aliphatic heterocycles. The topological polar surface area (TPSA) is 35.5 Å². The highest BCUT2D eigenvalue weighted by molar-refractivity contribution is 5.43. The summed E-state index contributed by atoms with van der Waals surface area (Å²) in [5, 5.41) is 0. The summed E-state index contributed by atoms with van der Waals surface area (Å²) in [6.07, 6.45) is -1.55. The normalized spacial score (nSPS) is 17.9. The van der Waals surface area contributed by atoms with Gasteiger partial charge in [0.2, 0.25) is 5.95 Å². The van der Waals surface area contributed by atoms with Crippen LogP contribution >= 0.6 is 0 Å². The third kappa shape index (κ3) is 4.68. The summed E-state index contributed by atoms with van der Waals surface area (Å²) in [6.45, 7) is 2.40. The molecule has 0 aliphatic carbocycles. The van der Waals surface area contributed by atoms with Gasteiger partial charge in [0.25, 0.3) is 0 Å². The van der Waals surface area contributed by atoms with Crippen LogP contribution in [0.2, 0.25) is 0 Å². The van der Waals surface area contributed by atoms with Crippen molar-refractivity contribution < 1.29 is 13.2 Å². The summed E-state index contributed by atoms with van der Waals surface area (Å²) in [6, 6.07) is 7.63.